The molecule has 0 saturated heterocycles. The average molecular weight is 363 g/mol. The number of carbonyl (C=O) groups is 1. The van der Waals surface area contributed by atoms with Gasteiger partial charge in [-0.25, -0.2) is 9.97 Å². The summed E-state index contributed by atoms with van der Waals surface area (Å²) in [7, 11) is 0. The molecule has 1 aliphatic rings. The highest BCUT2D eigenvalue weighted by Gasteiger charge is 2.23. The topological polar surface area (TPSA) is 88.8 Å². The number of amides is 1. The minimum Gasteiger partial charge on any atom is -0.349 e. The van der Waals surface area contributed by atoms with E-state index in [0.717, 1.165) is 35.1 Å². The average Bonchev–Trinajstić information content (AvgIpc) is 3.12. The van der Waals surface area contributed by atoms with E-state index in [4.69, 9.17) is 0 Å². The lowest BCUT2D eigenvalue weighted by molar-refractivity contribution is 0.0944. The van der Waals surface area contributed by atoms with Gasteiger partial charge in [0.15, 0.2) is 5.69 Å². The summed E-state index contributed by atoms with van der Waals surface area (Å²) in [6, 6.07) is 7.47. The van der Waals surface area contributed by atoms with Crippen LogP contribution in [0, 0.1) is 13.8 Å². The van der Waals surface area contributed by atoms with Crippen LogP contribution in [-0.2, 0) is 19.6 Å². The van der Waals surface area contributed by atoms with Crippen LogP contribution in [0.15, 0.2) is 36.7 Å². The highest BCUT2D eigenvalue weighted by atomic mass is 16.1. The SMILES string of the molecule is Cc1ncc(C)c(N2CCn3nc(C(=O)NCc4ccccn4)cc3C2)n1. The smallest absolute Gasteiger partial charge is 0.272 e. The van der Waals surface area contributed by atoms with Gasteiger partial charge >= 0.3 is 0 Å². The minimum absolute atomic E-state index is 0.192. The normalized spacial score (nSPS) is 13.3. The van der Waals surface area contributed by atoms with Gasteiger partial charge in [0.1, 0.15) is 11.6 Å². The maximum atomic E-state index is 12.4. The van der Waals surface area contributed by atoms with Crippen LogP contribution in [0.4, 0.5) is 5.82 Å². The van der Waals surface area contributed by atoms with E-state index in [1.165, 1.54) is 0 Å². The molecule has 0 saturated carbocycles. The predicted octanol–water partition coefficient (Wildman–Crippen LogP) is 1.64. The molecule has 0 radical (unpaired) electrons. The Morgan fingerprint density at radius 2 is 2.11 bits per heavy atom. The first kappa shape index (κ1) is 17.1. The van der Waals surface area contributed by atoms with Crippen LogP contribution in [-0.4, -0.2) is 37.2 Å². The van der Waals surface area contributed by atoms with Crippen molar-refractivity contribution in [1.29, 1.82) is 0 Å². The Kier molecular flexibility index (Phi) is 4.53. The van der Waals surface area contributed by atoms with Gasteiger partial charge in [-0.3, -0.25) is 14.5 Å². The first-order valence-corrected chi connectivity index (χ1v) is 8.90. The molecular weight excluding hydrogens is 342 g/mol. The number of nitrogens with one attached hydrogen (secondary N) is 1. The molecule has 27 heavy (non-hydrogen) atoms. The summed E-state index contributed by atoms with van der Waals surface area (Å²) < 4.78 is 1.90. The number of pyridine rings is 1. The molecule has 3 aromatic heterocycles. The molecule has 4 heterocycles. The molecule has 4 rings (SSSR count). The molecule has 3 aromatic rings. The molecule has 0 aromatic carbocycles. The number of hydrogen-bond acceptors (Lipinski definition) is 6. The summed E-state index contributed by atoms with van der Waals surface area (Å²) in [5, 5.41) is 7.33. The second kappa shape index (κ2) is 7.14. The van der Waals surface area contributed by atoms with E-state index in [1.807, 2.05) is 49.0 Å². The molecule has 0 fully saturated rings. The van der Waals surface area contributed by atoms with Gasteiger partial charge in [-0.15, -0.1) is 0 Å². The molecule has 138 valence electrons. The highest BCUT2D eigenvalue weighted by Crippen LogP contribution is 2.22. The van der Waals surface area contributed by atoms with Crippen molar-refractivity contribution < 1.29 is 4.79 Å². The third-order valence-corrected chi connectivity index (χ3v) is 4.55. The summed E-state index contributed by atoms with van der Waals surface area (Å²) in [4.78, 5) is 27.7. The van der Waals surface area contributed by atoms with E-state index < -0.39 is 0 Å². The van der Waals surface area contributed by atoms with E-state index in [9.17, 15) is 4.79 Å². The van der Waals surface area contributed by atoms with E-state index in [0.29, 0.717) is 25.3 Å². The number of hydrogen-bond donors (Lipinski definition) is 1. The lowest BCUT2D eigenvalue weighted by Crippen LogP contribution is -2.35. The summed E-state index contributed by atoms with van der Waals surface area (Å²) in [5.74, 6) is 1.50. The van der Waals surface area contributed by atoms with Crippen LogP contribution in [0.3, 0.4) is 0 Å². The van der Waals surface area contributed by atoms with E-state index >= 15 is 0 Å². The molecule has 0 bridgehead atoms. The van der Waals surface area contributed by atoms with Crippen molar-refractivity contribution in [3.05, 3.63) is 65.1 Å². The van der Waals surface area contributed by atoms with E-state index in [2.05, 4.69) is 30.3 Å². The van der Waals surface area contributed by atoms with Gasteiger partial charge in [0, 0.05) is 24.5 Å². The molecule has 0 aliphatic carbocycles. The number of rotatable bonds is 4. The van der Waals surface area contributed by atoms with Crippen molar-refractivity contribution in [3.63, 3.8) is 0 Å². The van der Waals surface area contributed by atoms with Gasteiger partial charge in [-0.05, 0) is 32.0 Å². The van der Waals surface area contributed by atoms with Crippen LogP contribution >= 0.6 is 0 Å². The summed E-state index contributed by atoms with van der Waals surface area (Å²) in [6.07, 6.45) is 3.56. The van der Waals surface area contributed by atoms with E-state index in [1.54, 1.807) is 6.20 Å². The Balaban J connectivity index is 1.47. The van der Waals surface area contributed by atoms with Gasteiger partial charge in [0.05, 0.1) is 31.0 Å². The number of anilines is 1. The maximum absolute atomic E-state index is 12.4. The molecule has 0 unspecified atom stereocenters. The molecule has 0 spiro atoms. The fraction of sp³-hybridized carbons (Fsp3) is 0.316. The Hall–Kier alpha value is -3.29. The van der Waals surface area contributed by atoms with E-state index in [-0.39, 0.29) is 5.91 Å². The number of nitrogens with zero attached hydrogens (tertiary/aromatic N) is 6. The number of carbonyl (C=O) groups excluding carboxylic acids is 1. The largest absolute Gasteiger partial charge is 0.349 e. The number of fused-ring (bicyclic) bond motifs is 1. The second-order valence-electron chi connectivity index (χ2n) is 6.59. The Morgan fingerprint density at radius 3 is 2.93 bits per heavy atom. The molecule has 0 atom stereocenters. The third kappa shape index (κ3) is 3.64. The fourth-order valence-corrected chi connectivity index (χ4v) is 3.16. The maximum Gasteiger partial charge on any atom is 0.272 e. The predicted molar refractivity (Wildman–Crippen MR) is 100 cm³/mol. The second-order valence-corrected chi connectivity index (χ2v) is 6.59. The van der Waals surface area contributed by atoms with Crippen LogP contribution in [0.2, 0.25) is 0 Å². The van der Waals surface area contributed by atoms with Gasteiger partial charge in [0.2, 0.25) is 0 Å². The first-order chi connectivity index (χ1) is 13.1. The zero-order chi connectivity index (χ0) is 18.8. The molecule has 8 heteroatoms. The van der Waals surface area contributed by atoms with Crippen LogP contribution in [0.25, 0.3) is 0 Å². The fourth-order valence-electron chi connectivity index (χ4n) is 3.16. The van der Waals surface area contributed by atoms with Crippen LogP contribution in [0.5, 0.6) is 0 Å². The Morgan fingerprint density at radius 1 is 1.22 bits per heavy atom. The quantitative estimate of drug-likeness (QED) is 0.758. The van der Waals surface area contributed by atoms with Crippen molar-refractivity contribution in [2.24, 2.45) is 0 Å². The van der Waals surface area contributed by atoms with Gasteiger partial charge < -0.3 is 10.2 Å². The highest BCUT2D eigenvalue weighted by molar-refractivity contribution is 5.92. The molecule has 1 aliphatic heterocycles. The van der Waals surface area contributed by atoms with Crippen LogP contribution in [0.1, 0.15) is 33.3 Å². The van der Waals surface area contributed by atoms with Crippen molar-refractivity contribution in [1.82, 2.24) is 30.0 Å². The number of aryl methyl sites for hydroxylation is 2. The Labute approximate surface area is 157 Å². The lowest BCUT2D eigenvalue weighted by atomic mass is 10.2. The van der Waals surface area contributed by atoms with Gasteiger partial charge in [-0.1, -0.05) is 6.07 Å². The van der Waals surface area contributed by atoms with Crippen molar-refractivity contribution in [2.45, 2.75) is 33.5 Å². The van der Waals surface area contributed by atoms with Crippen LogP contribution < -0.4 is 10.2 Å². The molecular formula is C19H21N7O. The van der Waals surface area contributed by atoms with Crippen molar-refractivity contribution in [2.75, 3.05) is 11.4 Å². The molecule has 1 N–H and O–H groups in total. The summed E-state index contributed by atoms with van der Waals surface area (Å²) in [6.45, 7) is 6.45. The zero-order valence-corrected chi connectivity index (χ0v) is 15.4. The molecule has 1 amide bonds. The monoisotopic (exact) mass is 363 g/mol. The third-order valence-electron chi connectivity index (χ3n) is 4.55. The first-order valence-electron chi connectivity index (χ1n) is 8.90. The standard InChI is InChI=1S/C19H21N7O/c1-13-10-21-14(2)23-18(13)25-7-8-26-16(12-25)9-17(24-26)19(27)22-11-15-5-3-4-6-20-15/h3-6,9-10H,7-8,11-12H2,1-2H3,(H,22,27). The zero-order valence-electron chi connectivity index (χ0n) is 15.4. The summed E-state index contributed by atoms with van der Waals surface area (Å²) >= 11 is 0. The molecule has 8 nitrogen and oxygen atoms in total. The summed E-state index contributed by atoms with van der Waals surface area (Å²) in [5.41, 5.74) is 3.29. The van der Waals surface area contributed by atoms with Crippen molar-refractivity contribution >= 4 is 11.7 Å². The minimum atomic E-state index is -0.192. The lowest BCUT2D eigenvalue weighted by Gasteiger charge is -2.29. The van der Waals surface area contributed by atoms with Gasteiger partial charge in [-0.2, -0.15) is 5.10 Å². The number of aromatic nitrogens is 5. The Bertz CT molecular complexity index is 967. The van der Waals surface area contributed by atoms with Gasteiger partial charge in [0.25, 0.3) is 5.91 Å². The van der Waals surface area contributed by atoms with Crippen molar-refractivity contribution in [3.8, 4) is 0 Å².